The third-order valence-electron chi connectivity index (χ3n) is 3.71. The van der Waals surface area contributed by atoms with E-state index in [1.807, 2.05) is 0 Å². The smallest absolute Gasteiger partial charge is 0.285 e. The number of halogens is 1. The average Bonchev–Trinajstić information content (AvgIpc) is 2.44. The van der Waals surface area contributed by atoms with E-state index in [4.69, 9.17) is 0 Å². The summed E-state index contributed by atoms with van der Waals surface area (Å²) >= 11 is 0. The zero-order chi connectivity index (χ0) is 15.4. The van der Waals surface area contributed by atoms with Crippen molar-refractivity contribution in [2.45, 2.75) is 31.8 Å². The van der Waals surface area contributed by atoms with Gasteiger partial charge in [0.2, 0.25) is 0 Å². The monoisotopic (exact) mass is 296 g/mol. The summed E-state index contributed by atoms with van der Waals surface area (Å²) < 4.78 is 13.0. The molecule has 0 aromatic heterocycles. The van der Waals surface area contributed by atoms with E-state index in [9.17, 15) is 24.4 Å². The minimum Gasteiger partial charge on any atom is -0.393 e. The molecule has 1 fully saturated rings. The standard InChI is InChI=1S/C14H17FN2O4/c15-10-4-5-12(13(7-10)17(20)21)14(19)16-8-9-2-1-3-11(18)6-9/h4-5,7,9,11,18H,1-3,6,8H2,(H,16,19). The number of aliphatic hydroxyl groups is 1. The lowest BCUT2D eigenvalue weighted by Gasteiger charge is -2.25. The van der Waals surface area contributed by atoms with Crippen LogP contribution in [0.2, 0.25) is 0 Å². The average molecular weight is 296 g/mol. The Hall–Kier alpha value is -2.02. The van der Waals surface area contributed by atoms with Crippen LogP contribution in [0.5, 0.6) is 0 Å². The number of nitro groups is 1. The van der Waals surface area contributed by atoms with Crippen LogP contribution in [-0.2, 0) is 0 Å². The number of nitrogens with zero attached hydrogens (tertiary/aromatic N) is 1. The highest BCUT2D eigenvalue weighted by molar-refractivity contribution is 5.98. The van der Waals surface area contributed by atoms with Gasteiger partial charge in [0.05, 0.1) is 17.1 Å². The Morgan fingerprint density at radius 3 is 2.90 bits per heavy atom. The number of aliphatic hydroxyl groups excluding tert-OH is 1. The Labute approximate surface area is 121 Å². The van der Waals surface area contributed by atoms with Gasteiger partial charge in [-0.15, -0.1) is 0 Å². The molecule has 2 N–H and O–H groups in total. The minimum absolute atomic E-state index is 0.155. The molecule has 0 aliphatic heterocycles. The van der Waals surface area contributed by atoms with Crippen molar-refractivity contribution in [1.29, 1.82) is 0 Å². The number of carbonyl (C=O) groups excluding carboxylic acids is 1. The fourth-order valence-corrected chi connectivity index (χ4v) is 2.63. The van der Waals surface area contributed by atoms with Crippen LogP contribution in [-0.4, -0.2) is 28.6 Å². The summed E-state index contributed by atoms with van der Waals surface area (Å²) in [6.45, 7) is 0.352. The van der Waals surface area contributed by atoms with Crippen molar-refractivity contribution in [2.75, 3.05) is 6.54 Å². The third-order valence-corrected chi connectivity index (χ3v) is 3.71. The van der Waals surface area contributed by atoms with Crippen molar-refractivity contribution in [3.63, 3.8) is 0 Å². The fourth-order valence-electron chi connectivity index (χ4n) is 2.63. The summed E-state index contributed by atoms with van der Waals surface area (Å²) in [6, 6.07) is 2.87. The highest BCUT2D eigenvalue weighted by Crippen LogP contribution is 2.24. The van der Waals surface area contributed by atoms with Crippen molar-refractivity contribution in [3.8, 4) is 0 Å². The van der Waals surface area contributed by atoms with Crippen LogP contribution in [0.4, 0.5) is 10.1 Å². The maximum atomic E-state index is 13.0. The first-order valence-electron chi connectivity index (χ1n) is 6.87. The van der Waals surface area contributed by atoms with Crippen molar-refractivity contribution in [2.24, 2.45) is 5.92 Å². The zero-order valence-electron chi connectivity index (χ0n) is 11.4. The van der Waals surface area contributed by atoms with Gasteiger partial charge in [-0.3, -0.25) is 14.9 Å². The van der Waals surface area contributed by atoms with Gasteiger partial charge in [0.1, 0.15) is 11.4 Å². The number of benzene rings is 1. The van der Waals surface area contributed by atoms with Crippen molar-refractivity contribution < 1.29 is 19.2 Å². The predicted molar refractivity (Wildman–Crippen MR) is 73.4 cm³/mol. The van der Waals surface area contributed by atoms with Gasteiger partial charge in [-0.25, -0.2) is 4.39 Å². The summed E-state index contributed by atoms with van der Waals surface area (Å²) in [7, 11) is 0. The van der Waals surface area contributed by atoms with E-state index >= 15 is 0 Å². The Kier molecular flexibility index (Phi) is 4.85. The summed E-state index contributed by atoms with van der Waals surface area (Å²) in [5.41, 5.74) is -0.700. The molecule has 1 aromatic rings. The SMILES string of the molecule is O=C(NCC1CCCC(O)C1)c1ccc(F)cc1[N+](=O)[O-]. The Balaban J connectivity index is 2.02. The van der Waals surface area contributed by atoms with E-state index in [-0.39, 0.29) is 17.6 Å². The van der Waals surface area contributed by atoms with Gasteiger partial charge in [-0.1, -0.05) is 6.42 Å². The summed E-state index contributed by atoms with van der Waals surface area (Å²) in [5, 5.41) is 23.0. The predicted octanol–water partition coefficient (Wildman–Crippen LogP) is 2.01. The molecular weight excluding hydrogens is 279 g/mol. The summed E-state index contributed by atoms with van der Waals surface area (Å²) in [5.74, 6) is -1.19. The van der Waals surface area contributed by atoms with Gasteiger partial charge >= 0.3 is 0 Å². The molecule has 0 spiro atoms. The number of carbonyl (C=O) groups is 1. The molecule has 1 amide bonds. The molecule has 1 aromatic carbocycles. The summed E-state index contributed by atoms with van der Waals surface area (Å²) in [4.78, 5) is 22.1. The molecule has 6 nitrogen and oxygen atoms in total. The Morgan fingerprint density at radius 1 is 1.48 bits per heavy atom. The normalized spacial score (nSPS) is 21.8. The third kappa shape index (κ3) is 3.98. The number of nitro benzene ring substituents is 1. The van der Waals surface area contributed by atoms with Gasteiger partial charge in [-0.05, 0) is 37.3 Å². The van der Waals surface area contributed by atoms with Crippen LogP contribution in [0.15, 0.2) is 18.2 Å². The van der Waals surface area contributed by atoms with Gasteiger partial charge in [-0.2, -0.15) is 0 Å². The highest BCUT2D eigenvalue weighted by atomic mass is 19.1. The largest absolute Gasteiger partial charge is 0.393 e. The van der Waals surface area contributed by atoms with Gasteiger partial charge < -0.3 is 10.4 Å². The van der Waals surface area contributed by atoms with E-state index in [1.165, 1.54) is 0 Å². The van der Waals surface area contributed by atoms with Gasteiger partial charge in [0.15, 0.2) is 0 Å². The Bertz CT molecular complexity index is 550. The molecule has 21 heavy (non-hydrogen) atoms. The molecule has 1 aliphatic carbocycles. The second-order valence-corrected chi connectivity index (χ2v) is 5.32. The number of amides is 1. The van der Waals surface area contributed by atoms with E-state index in [1.54, 1.807) is 0 Å². The molecule has 2 atom stereocenters. The lowest BCUT2D eigenvalue weighted by molar-refractivity contribution is -0.385. The molecule has 7 heteroatoms. The zero-order valence-corrected chi connectivity index (χ0v) is 11.4. The summed E-state index contributed by atoms with van der Waals surface area (Å²) in [6.07, 6.45) is 2.85. The molecular formula is C14H17FN2O4. The van der Waals surface area contributed by atoms with Crippen LogP contribution in [0.1, 0.15) is 36.0 Å². The fraction of sp³-hybridized carbons (Fsp3) is 0.500. The molecule has 0 saturated heterocycles. The van der Waals surface area contributed by atoms with Crippen LogP contribution < -0.4 is 5.32 Å². The lowest BCUT2D eigenvalue weighted by atomic mass is 9.87. The van der Waals surface area contributed by atoms with Crippen LogP contribution in [0.3, 0.4) is 0 Å². The van der Waals surface area contributed by atoms with E-state index < -0.39 is 22.3 Å². The number of hydrogen-bond donors (Lipinski definition) is 2. The Morgan fingerprint density at radius 2 is 2.24 bits per heavy atom. The van der Waals surface area contributed by atoms with Gasteiger partial charge in [0, 0.05) is 6.54 Å². The van der Waals surface area contributed by atoms with Crippen molar-refractivity contribution >= 4 is 11.6 Å². The van der Waals surface area contributed by atoms with Crippen molar-refractivity contribution in [1.82, 2.24) is 5.32 Å². The van der Waals surface area contributed by atoms with Crippen molar-refractivity contribution in [3.05, 3.63) is 39.7 Å². The van der Waals surface area contributed by atoms with Crippen LogP contribution in [0, 0.1) is 21.8 Å². The molecule has 0 bridgehead atoms. The molecule has 1 saturated carbocycles. The molecule has 1 aliphatic rings. The highest BCUT2D eigenvalue weighted by Gasteiger charge is 2.24. The molecule has 114 valence electrons. The molecule has 0 radical (unpaired) electrons. The first-order valence-corrected chi connectivity index (χ1v) is 6.87. The maximum Gasteiger partial charge on any atom is 0.285 e. The van der Waals surface area contributed by atoms with E-state index in [0.717, 1.165) is 37.5 Å². The molecule has 0 heterocycles. The van der Waals surface area contributed by atoms with E-state index in [2.05, 4.69) is 5.32 Å². The van der Waals surface area contributed by atoms with Crippen LogP contribution >= 0.6 is 0 Å². The second kappa shape index (κ2) is 6.62. The van der Waals surface area contributed by atoms with Crippen LogP contribution in [0.25, 0.3) is 0 Å². The number of hydrogen-bond acceptors (Lipinski definition) is 4. The first kappa shape index (κ1) is 15.4. The number of rotatable bonds is 4. The molecule has 2 unspecified atom stereocenters. The quantitative estimate of drug-likeness (QED) is 0.656. The first-order chi connectivity index (χ1) is 9.97. The lowest BCUT2D eigenvalue weighted by Crippen LogP contribution is -2.33. The second-order valence-electron chi connectivity index (χ2n) is 5.32. The van der Waals surface area contributed by atoms with E-state index in [0.29, 0.717) is 13.0 Å². The number of nitrogens with one attached hydrogen (secondary N) is 1. The molecule has 2 rings (SSSR count). The van der Waals surface area contributed by atoms with Gasteiger partial charge in [0.25, 0.3) is 11.6 Å². The topological polar surface area (TPSA) is 92.5 Å². The maximum absolute atomic E-state index is 13.0. The minimum atomic E-state index is -0.775.